The molecule has 1 heterocycles. The van der Waals surface area contributed by atoms with E-state index >= 15 is 0 Å². The van der Waals surface area contributed by atoms with Gasteiger partial charge in [0.15, 0.2) is 5.90 Å². The van der Waals surface area contributed by atoms with E-state index in [-0.39, 0.29) is 11.6 Å². The van der Waals surface area contributed by atoms with Crippen molar-refractivity contribution in [3.8, 4) is 0 Å². The highest BCUT2D eigenvalue weighted by Gasteiger charge is 2.23. The predicted octanol–water partition coefficient (Wildman–Crippen LogP) is 1.53. The van der Waals surface area contributed by atoms with Crippen molar-refractivity contribution in [3.05, 3.63) is 0 Å². The average molecular weight is 170 g/mol. The SMILES string of the molecule is CC(C)(C)OC(=N)[C@@H]1CCCN1. The molecule has 0 amide bonds. The number of rotatable bonds is 1. The number of ether oxygens (including phenoxy) is 1. The van der Waals surface area contributed by atoms with Gasteiger partial charge in [0, 0.05) is 0 Å². The number of nitrogens with one attached hydrogen (secondary N) is 2. The molecule has 0 radical (unpaired) electrons. The Balaban J connectivity index is 2.37. The van der Waals surface area contributed by atoms with Crippen molar-refractivity contribution in [2.45, 2.75) is 45.3 Å². The van der Waals surface area contributed by atoms with Gasteiger partial charge in [-0.25, -0.2) is 0 Å². The lowest BCUT2D eigenvalue weighted by molar-refractivity contribution is 0.107. The van der Waals surface area contributed by atoms with E-state index < -0.39 is 0 Å². The van der Waals surface area contributed by atoms with Crippen LogP contribution in [0.3, 0.4) is 0 Å². The minimum atomic E-state index is -0.235. The lowest BCUT2D eigenvalue weighted by Gasteiger charge is -2.24. The summed E-state index contributed by atoms with van der Waals surface area (Å²) in [7, 11) is 0. The highest BCUT2D eigenvalue weighted by atomic mass is 16.5. The van der Waals surface area contributed by atoms with Gasteiger partial charge in [-0.15, -0.1) is 0 Å². The lowest BCUT2D eigenvalue weighted by Crippen LogP contribution is -2.36. The maximum Gasteiger partial charge on any atom is 0.198 e. The van der Waals surface area contributed by atoms with Gasteiger partial charge in [0.25, 0.3) is 0 Å². The molecule has 1 atom stereocenters. The third kappa shape index (κ3) is 2.81. The summed E-state index contributed by atoms with van der Waals surface area (Å²) < 4.78 is 5.44. The summed E-state index contributed by atoms with van der Waals surface area (Å²) in [4.78, 5) is 0. The molecule has 12 heavy (non-hydrogen) atoms. The van der Waals surface area contributed by atoms with Gasteiger partial charge < -0.3 is 10.1 Å². The first-order chi connectivity index (χ1) is 5.49. The molecule has 0 aromatic carbocycles. The van der Waals surface area contributed by atoms with Crippen molar-refractivity contribution in [2.75, 3.05) is 6.54 Å². The third-order valence-electron chi connectivity index (χ3n) is 1.79. The molecule has 1 aliphatic heterocycles. The van der Waals surface area contributed by atoms with Gasteiger partial charge in [0.1, 0.15) is 5.60 Å². The fourth-order valence-corrected chi connectivity index (χ4v) is 1.31. The van der Waals surface area contributed by atoms with E-state index in [0.29, 0.717) is 5.90 Å². The zero-order valence-electron chi connectivity index (χ0n) is 8.11. The predicted molar refractivity (Wildman–Crippen MR) is 49.6 cm³/mol. The molecule has 3 heteroatoms. The van der Waals surface area contributed by atoms with Crippen molar-refractivity contribution >= 4 is 5.90 Å². The smallest absolute Gasteiger partial charge is 0.198 e. The van der Waals surface area contributed by atoms with Crippen LogP contribution in [0, 0.1) is 5.41 Å². The fraction of sp³-hybridized carbons (Fsp3) is 0.889. The molecule has 2 N–H and O–H groups in total. The third-order valence-corrected chi connectivity index (χ3v) is 1.79. The molecule has 1 aliphatic rings. The first kappa shape index (κ1) is 9.52. The average Bonchev–Trinajstić information content (AvgIpc) is 2.32. The summed E-state index contributed by atoms with van der Waals surface area (Å²) in [6.07, 6.45) is 2.19. The minimum absolute atomic E-state index is 0.157. The molecule has 1 fully saturated rings. The number of hydrogen-bond donors (Lipinski definition) is 2. The number of hydrogen-bond acceptors (Lipinski definition) is 3. The molecular formula is C9H18N2O. The first-order valence-electron chi connectivity index (χ1n) is 4.50. The Bertz CT molecular complexity index is 166. The van der Waals surface area contributed by atoms with Crippen LogP contribution in [0.1, 0.15) is 33.6 Å². The van der Waals surface area contributed by atoms with E-state index in [1.807, 2.05) is 20.8 Å². The van der Waals surface area contributed by atoms with Crippen LogP contribution in [0.4, 0.5) is 0 Å². The Kier molecular flexibility index (Phi) is 2.73. The largest absolute Gasteiger partial charge is 0.474 e. The monoisotopic (exact) mass is 170 g/mol. The summed E-state index contributed by atoms with van der Waals surface area (Å²) >= 11 is 0. The molecule has 0 spiro atoms. The zero-order chi connectivity index (χ0) is 9.19. The van der Waals surface area contributed by atoms with Crippen LogP contribution in [0.25, 0.3) is 0 Å². The molecule has 0 aromatic rings. The van der Waals surface area contributed by atoms with Gasteiger partial charge in [-0.2, -0.15) is 0 Å². The van der Waals surface area contributed by atoms with Crippen LogP contribution >= 0.6 is 0 Å². The Labute approximate surface area is 74.0 Å². The van der Waals surface area contributed by atoms with Crippen molar-refractivity contribution in [2.24, 2.45) is 0 Å². The summed E-state index contributed by atoms with van der Waals surface area (Å²) in [5.74, 6) is 0.389. The molecule has 0 aromatic heterocycles. The van der Waals surface area contributed by atoms with Crippen molar-refractivity contribution < 1.29 is 4.74 Å². The van der Waals surface area contributed by atoms with Crippen molar-refractivity contribution in [3.63, 3.8) is 0 Å². The Morgan fingerprint density at radius 3 is 2.58 bits per heavy atom. The molecule has 1 rings (SSSR count). The summed E-state index contributed by atoms with van der Waals surface area (Å²) in [6, 6.07) is 0.157. The molecule has 0 bridgehead atoms. The van der Waals surface area contributed by atoms with E-state index in [0.717, 1.165) is 19.4 Å². The van der Waals surface area contributed by atoms with Crippen LogP contribution in [-0.4, -0.2) is 24.1 Å². The molecule has 70 valence electrons. The van der Waals surface area contributed by atoms with Crippen LogP contribution in [-0.2, 0) is 4.74 Å². The second-order valence-corrected chi connectivity index (χ2v) is 4.23. The lowest BCUT2D eigenvalue weighted by atomic mass is 10.1. The van der Waals surface area contributed by atoms with Crippen LogP contribution in [0.2, 0.25) is 0 Å². The zero-order valence-corrected chi connectivity index (χ0v) is 8.11. The van der Waals surface area contributed by atoms with Gasteiger partial charge in [-0.3, -0.25) is 5.41 Å². The maximum absolute atomic E-state index is 7.66. The van der Waals surface area contributed by atoms with E-state index in [4.69, 9.17) is 10.1 Å². The fourth-order valence-electron chi connectivity index (χ4n) is 1.31. The Morgan fingerprint density at radius 1 is 1.50 bits per heavy atom. The van der Waals surface area contributed by atoms with Gasteiger partial charge in [-0.1, -0.05) is 0 Å². The second-order valence-electron chi connectivity index (χ2n) is 4.23. The van der Waals surface area contributed by atoms with E-state index in [1.165, 1.54) is 0 Å². The summed E-state index contributed by atoms with van der Waals surface area (Å²) in [5, 5.41) is 10.9. The molecule has 1 saturated heterocycles. The van der Waals surface area contributed by atoms with Crippen molar-refractivity contribution in [1.29, 1.82) is 5.41 Å². The second kappa shape index (κ2) is 3.44. The summed E-state index contributed by atoms with van der Waals surface area (Å²) in [6.45, 7) is 6.92. The standard InChI is InChI=1S/C9H18N2O/c1-9(2,3)12-8(10)7-5-4-6-11-7/h7,10-11H,4-6H2,1-3H3/t7-/m0/s1. The highest BCUT2D eigenvalue weighted by Crippen LogP contribution is 2.13. The van der Waals surface area contributed by atoms with Crippen LogP contribution < -0.4 is 5.32 Å². The van der Waals surface area contributed by atoms with Gasteiger partial charge >= 0.3 is 0 Å². The normalized spacial score (nSPS) is 24.1. The first-order valence-corrected chi connectivity index (χ1v) is 4.50. The molecule has 0 saturated carbocycles. The molecule has 0 aliphatic carbocycles. The Morgan fingerprint density at radius 2 is 2.17 bits per heavy atom. The molecule has 0 unspecified atom stereocenters. The van der Waals surface area contributed by atoms with Crippen molar-refractivity contribution in [1.82, 2.24) is 5.32 Å². The highest BCUT2D eigenvalue weighted by molar-refractivity contribution is 5.79. The van der Waals surface area contributed by atoms with Crippen LogP contribution in [0.15, 0.2) is 0 Å². The molecular weight excluding hydrogens is 152 g/mol. The van der Waals surface area contributed by atoms with Gasteiger partial charge in [0.2, 0.25) is 0 Å². The topological polar surface area (TPSA) is 45.1 Å². The molecule has 3 nitrogen and oxygen atoms in total. The maximum atomic E-state index is 7.66. The van der Waals surface area contributed by atoms with E-state index in [1.54, 1.807) is 0 Å². The minimum Gasteiger partial charge on any atom is -0.474 e. The Hall–Kier alpha value is -0.570. The van der Waals surface area contributed by atoms with Crippen LogP contribution in [0.5, 0.6) is 0 Å². The quantitative estimate of drug-likeness (QED) is 0.463. The van der Waals surface area contributed by atoms with Gasteiger partial charge in [0.05, 0.1) is 6.04 Å². The summed E-state index contributed by atoms with van der Waals surface area (Å²) in [5.41, 5.74) is -0.235. The van der Waals surface area contributed by atoms with E-state index in [9.17, 15) is 0 Å². The van der Waals surface area contributed by atoms with Gasteiger partial charge in [-0.05, 0) is 40.2 Å². The van der Waals surface area contributed by atoms with E-state index in [2.05, 4.69) is 5.32 Å².